The van der Waals surface area contributed by atoms with Gasteiger partial charge in [0.25, 0.3) is 0 Å². The van der Waals surface area contributed by atoms with Gasteiger partial charge in [0.2, 0.25) is 0 Å². The van der Waals surface area contributed by atoms with Crippen molar-refractivity contribution in [1.82, 2.24) is 0 Å². The van der Waals surface area contributed by atoms with Gasteiger partial charge in [-0.2, -0.15) is 0 Å². The summed E-state index contributed by atoms with van der Waals surface area (Å²) in [5.41, 5.74) is 1.28. The normalized spacial score (nSPS) is 24.0. The van der Waals surface area contributed by atoms with Crippen LogP contribution in [0.25, 0.3) is 0 Å². The second-order valence-electron chi connectivity index (χ2n) is 3.34. The molecule has 0 spiro atoms. The molecule has 1 aliphatic carbocycles. The van der Waals surface area contributed by atoms with E-state index in [0.29, 0.717) is 6.10 Å². The van der Waals surface area contributed by atoms with E-state index in [0.717, 1.165) is 25.9 Å². The van der Waals surface area contributed by atoms with Crippen LogP contribution in [0.4, 0.5) is 0 Å². The summed E-state index contributed by atoms with van der Waals surface area (Å²) in [6.45, 7) is 8.48. The Kier molecular flexibility index (Phi) is 4.09. The maximum atomic E-state index is 5.66. The quantitative estimate of drug-likeness (QED) is 0.460. The average Bonchev–Trinajstić information content (AvgIpc) is 2.09. The Balaban J connectivity index is 2.20. The van der Waals surface area contributed by atoms with Crippen LogP contribution in [0, 0.1) is 0 Å². The highest BCUT2D eigenvalue weighted by atomic mass is 16.5. The molecule has 1 aliphatic rings. The van der Waals surface area contributed by atoms with Gasteiger partial charge in [-0.15, -0.1) is 6.58 Å². The SMILES string of the molecule is C=CCCOC1CCCCC1=C. The maximum Gasteiger partial charge on any atom is 0.0782 e. The molecule has 0 saturated heterocycles. The lowest BCUT2D eigenvalue weighted by molar-refractivity contribution is 0.0642. The molecule has 0 aromatic carbocycles. The highest BCUT2D eigenvalue weighted by Crippen LogP contribution is 2.24. The zero-order valence-corrected chi connectivity index (χ0v) is 7.72. The Hall–Kier alpha value is -0.560. The molecule has 1 nitrogen and oxygen atoms in total. The summed E-state index contributed by atoms with van der Waals surface area (Å²) in [4.78, 5) is 0. The first-order valence-electron chi connectivity index (χ1n) is 4.74. The molecule has 0 N–H and O–H groups in total. The summed E-state index contributed by atoms with van der Waals surface area (Å²) in [6.07, 6.45) is 8.07. The lowest BCUT2D eigenvalue weighted by atomic mass is 9.93. The van der Waals surface area contributed by atoms with E-state index in [4.69, 9.17) is 4.74 Å². The molecular formula is C11H18O. The molecule has 0 heterocycles. The third kappa shape index (κ3) is 2.82. The molecule has 0 amide bonds. The van der Waals surface area contributed by atoms with Gasteiger partial charge in [0, 0.05) is 0 Å². The van der Waals surface area contributed by atoms with Gasteiger partial charge in [-0.25, -0.2) is 0 Å². The monoisotopic (exact) mass is 166 g/mol. The highest BCUT2D eigenvalue weighted by Gasteiger charge is 2.16. The van der Waals surface area contributed by atoms with E-state index in [1.807, 2.05) is 6.08 Å². The molecule has 0 radical (unpaired) electrons. The second-order valence-corrected chi connectivity index (χ2v) is 3.34. The summed E-state index contributed by atoms with van der Waals surface area (Å²) in [7, 11) is 0. The van der Waals surface area contributed by atoms with Gasteiger partial charge >= 0.3 is 0 Å². The number of hydrogen-bond donors (Lipinski definition) is 0. The largest absolute Gasteiger partial charge is 0.374 e. The second kappa shape index (κ2) is 5.15. The van der Waals surface area contributed by atoms with Crippen LogP contribution in [-0.2, 0) is 4.74 Å². The minimum absolute atomic E-state index is 0.332. The molecule has 1 atom stereocenters. The highest BCUT2D eigenvalue weighted by molar-refractivity contribution is 5.04. The van der Waals surface area contributed by atoms with Crippen LogP contribution in [-0.4, -0.2) is 12.7 Å². The minimum atomic E-state index is 0.332. The van der Waals surface area contributed by atoms with E-state index >= 15 is 0 Å². The fourth-order valence-electron chi connectivity index (χ4n) is 1.54. The number of hydrogen-bond acceptors (Lipinski definition) is 1. The molecule has 1 heteroatoms. The van der Waals surface area contributed by atoms with E-state index in [9.17, 15) is 0 Å². The first kappa shape index (κ1) is 9.53. The van der Waals surface area contributed by atoms with Crippen LogP contribution in [0.15, 0.2) is 24.8 Å². The Morgan fingerprint density at radius 2 is 2.33 bits per heavy atom. The van der Waals surface area contributed by atoms with Crippen molar-refractivity contribution in [3.63, 3.8) is 0 Å². The Morgan fingerprint density at radius 1 is 1.50 bits per heavy atom. The molecule has 1 rings (SSSR count). The van der Waals surface area contributed by atoms with Crippen molar-refractivity contribution in [2.45, 2.75) is 38.2 Å². The van der Waals surface area contributed by atoms with Crippen molar-refractivity contribution < 1.29 is 4.74 Å². The molecule has 0 bridgehead atoms. The summed E-state index contributed by atoms with van der Waals surface area (Å²) in [5, 5.41) is 0. The van der Waals surface area contributed by atoms with Crippen LogP contribution in [0.3, 0.4) is 0 Å². The maximum absolute atomic E-state index is 5.66. The van der Waals surface area contributed by atoms with Gasteiger partial charge in [0.15, 0.2) is 0 Å². The summed E-state index contributed by atoms with van der Waals surface area (Å²) >= 11 is 0. The van der Waals surface area contributed by atoms with E-state index in [1.54, 1.807) is 0 Å². The summed E-state index contributed by atoms with van der Waals surface area (Å²) < 4.78 is 5.66. The standard InChI is InChI=1S/C11H18O/c1-3-4-9-12-11-8-6-5-7-10(11)2/h3,11H,1-2,4-9H2. The van der Waals surface area contributed by atoms with Crippen LogP contribution < -0.4 is 0 Å². The van der Waals surface area contributed by atoms with Gasteiger partial charge in [0.05, 0.1) is 12.7 Å². The Morgan fingerprint density at radius 3 is 3.00 bits per heavy atom. The van der Waals surface area contributed by atoms with Crippen LogP contribution >= 0.6 is 0 Å². The van der Waals surface area contributed by atoms with Crippen molar-refractivity contribution in [2.24, 2.45) is 0 Å². The summed E-state index contributed by atoms with van der Waals surface area (Å²) in [5.74, 6) is 0. The zero-order chi connectivity index (χ0) is 8.81. The summed E-state index contributed by atoms with van der Waals surface area (Å²) in [6, 6.07) is 0. The van der Waals surface area contributed by atoms with E-state index in [1.165, 1.54) is 18.4 Å². The molecular weight excluding hydrogens is 148 g/mol. The first-order valence-corrected chi connectivity index (χ1v) is 4.74. The average molecular weight is 166 g/mol. The Labute approximate surface area is 75.1 Å². The van der Waals surface area contributed by atoms with Gasteiger partial charge in [-0.1, -0.05) is 19.1 Å². The molecule has 68 valence electrons. The van der Waals surface area contributed by atoms with Gasteiger partial charge in [-0.05, 0) is 31.3 Å². The first-order chi connectivity index (χ1) is 5.84. The van der Waals surface area contributed by atoms with Crippen molar-refractivity contribution in [3.05, 3.63) is 24.8 Å². The lowest BCUT2D eigenvalue weighted by Crippen LogP contribution is -2.19. The molecule has 0 aromatic heterocycles. The zero-order valence-electron chi connectivity index (χ0n) is 7.72. The molecule has 1 fully saturated rings. The van der Waals surface area contributed by atoms with E-state index < -0.39 is 0 Å². The van der Waals surface area contributed by atoms with E-state index in [-0.39, 0.29) is 0 Å². The smallest absolute Gasteiger partial charge is 0.0782 e. The van der Waals surface area contributed by atoms with Gasteiger partial charge in [-0.3, -0.25) is 0 Å². The minimum Gasteiger partial charge on any atom is -0.374 e. The molecule has 0 aromatic rings. The van der Waals surface area contributed by atoms with Crippen molar-refractivity contribution in [2.75, 3.05) is 6.61 Å². The lowest BCUT2D eigenvalue weighted by Gasteiger charge is -2.24. The fourth-order valence-corrected chi connectivity index (χ4v) is 1.54. The molecule has 1 saturated carbocycles. The van der Waals surface area contributed by atoms with E-state index in [2.05, 4.69) is 13.2 Å². The topological polar surface area (TPSA) is 9.23 Å². The molecule has 1 unspecified atom stereocenters. The molecule has 12 heavy (non-hydrogen) atoms. The predicted octanol–water partition coefficient (Wildman–Crippen LogP) is 3.08. The van der Waals surface area contributed by atoms with Crippen molar-refractivity contribution in [3.8, 4) is 0 Å². The van der Waals surface area contributed by atoms with Crippen LogP contribution in [0.2, 0.25) is 0 Å². The van der Waals surface area contributed by atoms with Crippen molar-refractivity contribution in [1.29, 1.82) is 0 Å². The number of ether oxygens (including phenoxy) is 1. The third-order valence-electron chi connectivity index (χ3n) is 2.31. The van der Waals surface area contributed by atoms with Gasteiger partial charge in [0.1, 0.15) is 0 Å². The van der Waals surface area contributed by atoms with Crippen molar-refractivity contribution >= 4 is 0 Å². The third-order valence-corrected chi connectivity index (χ3v) is 2.31. The predicted molar refractivity (Wildman–Crippen MR) is 52.2 cm³/mol. The Bertz CT molecular complexity index is 160. The number of rotatable bonds is 4. The van der Waals surface area contributed by atoms with Crippen LogP contribution in [0.1, 0.15) is 32.1 Å². The van der Waals surface area contributed by atoms with Gasteiger partial charge < -0.3 is 4.74 Å². The fraction of sp³-hybridized carbons (Fsp3) is 0.636. The molecule has 0 aliphatic heterocycles. The van der Waals surface area contributed by atoms with Crippen LogP contribution in [0.5, 0.6) is 0 Å².